The zero-order valence-electron chi connectivity index (χ0n) is 23.2. The Morgan fingerprint density at radius 3 is 2.47 bits per heavy atom. The highest BCUT2D eigenvalue weighted by molar-refractivity contribution is 7.90. The molecule has 1 saturated heterocycles. The Morgan fingerprint density at radius 2 is 1.92 bits per heavy atom. The van der Waals surface area contributed by atoms with Gasteiger partial charge < -0.3 is 10.6 Å². The molecule has 38 heavy (non-hydrogen) atoms. The van der Waals surface area contributed by atoms with E-state index in [0.717, 1.165) is 37.1 Å². The molecule has 1 amide bonds. The largest absolute Gasteiger partial charge is 0.384 e. The molecule has 2 bridgehead atoms. The van der Waals surface area contributed by atoms with E-state index in [-0.39, 0.29) is 27.4 Å². The normalized spacial score (nSPS) is 24.5. The van der Waals surface area contributed by atoms with Crippen molar-refractivity contribution in [3.63, 3.8) is 0 Å². The summed E-state index contributed by atoms with van der Waals surface area (Å²) in [7, 11) is -4.24. The van der Waals surface area contributed by atoms with Crippen LogP contribution in [0.25, 0.3) is 5.57 Å². The molecule has 2 aliphatic carbocycles. The predicted molar refractivity (Wildman–Crippen MR) is 150 cm³/mol. The Bertz CT molecular complexity index is 1420. The summed E-state index contributed by atoms with van der Waals surface area (Å²) in [6.45, 7) is 13.7. The number of fused-ring (bicyclic) bond motifs is 2. The number of nitrogens with one attached hydrogen (secondary N) is 1. The number of rotatable bonds is 5. The molecule has 3 atom stereocenters. The van der Waals surface area contributed by atoms with Gasteiger partial charge in [0.15, 0.2) is 5.03 Å². The third-order valence-corrected chi connectivity index (χ3v) is 9.40. The highest BCUT2D eigenvalue weighted by Gasteiger charge is 2.42. The number of nitrogens with zero attached hydrogens (tertiary/aromatic N) is 3. The summed E-state index contributed by atoms with van der Waals surface area (Å²) in [5.41, 5.74) is 8.62. The minimum absolute atomic E-state index is 0.0653. The molecule has 3 N–H and O–H groups in total. The van der Waals surface area contributed by atoms with Gasteiger partial charge in [0.2, 0.25) is 0 Å². The highest BCUT2D eigenvalue weighted by Crippen LogP contribution is 2.50. The van der Waals surface area contributed by atoms with E-state index < -0.39 is 15.9 Å². The van der Waals surface area contributed by atoms with E-state index in [4.69, 9.17) is 10.7 Å². The molecule has 204 valence electrons. The number of sulfonamides is 1. The Balaban J connectivity index is 1.67. The highest BCUT2D eigenvalue weighted by atomic mass is 32.2. The van der Waals surface area contributed by atoms with E-state index in [1.807, 2.05) is 6.07 Å². The minimum atomic E-state index is -4.24. The first-order valence-corrected chi connectivity index (χ1v) is 15.0. The molecule has 1 saturated carbocycles. The summed E-state index contributed by atoms with van der Waals surface area (Å²) in [5, 5.41) is -0.294. The van der Waals surface area contributed by atoms with Crippen molar-refractivity contribution in [1.82, 2.24) is 14.7 Å². The molecule has 2 aromatic rings. The number of carbonyl (C=O) groups excluding carboxylic acids is 1. The van der Waals surface area contributed by atoms with Gasteiger partial charge in [-0.2, -0.15) is 8.42 Å². The maximum atomic E-state index is 13.8. The summed E-state index contributed by atoms with van der Waals surface area (Å²) in [5.74, 6) is 1.31. The van der Waals surface area contributed by atoms with Crippen LogP contribution >= 0.6 is 0 Å². The van der Waals surface area contributed by atoms with E-state index in [0.29, 0.717) is 23.6 Å². The molecular formula is C29H39N5O3S. The van der Waals surface area contributed by atoms with Crippen molar-refractivity contribution in [2.24, 2.45) is 17.8 Å². The Morgan fingerprint density at radius 1 is 1.18 bits per heavy atom. The third-order valence-electron chi connectivity index (χ3n) is 8.17. The number of allylic oxidation sites excluding steroid dienone is 2. The molecule has 3 heterocycles. The van der Waals surface area contributed by atoms with Crippen LogP contribution in [0.2, 0.25) is 0 Å². The minimum Gasteiger partial charge on any atom is -0.384 e. The maximum absolute atomic E-state index is 13.8. The van der Waals surface area contributed by atoms with Crippen molar-refractivity contribution in [1.29, 1.82) is 0 Å². The van der Waals surface area contributed by atoms with Crippen LogP contribution in [-0.4, -0.2) is 36.4 Å². The van der Waals surface area contributed by atoms with E-state index in [1.165, 1.54) is 30.2 Å². The molecule has 2 fully saturated rings. The lowest BCUT2D eigenvalue weighted by atomic mass is 9.82. The summed E-state index contributed by atoms with van der Waals surface area (Å²) in [6, 6.07) is 6.22. The molecule has 0 spiro atoms. The fourth-order valence-corrected chi connectivity index (χ4v) is 7.53. The Hall–Kier alpha value is -2.94. The third kappa shape index (κ3) is 4.81. The van der Waals surface area contributed by atoms with Gasteiger partial charge in [0.25, 0.3) is 15.9 Å². The van der Waals surface area contributed by atoms with Crippen molar-refractivity contribution in [2.45, 2.75) is 83.2 Å². The molecule has 3 aliphatic rings. The molecule has 0 radical (unpaired) electrons. The SMILES string of the molecule is C[C@@H]1CN(c2nc(C(C)(C)C)c(C3=CC4CCC3C4)cc2C(=O)NS(=O)(=O)c2cccc(N)n2)C(C)(C)C1. The molecule has 9 heteroatoms. The molecule has 2 aromatic heterocycles. The molecule has 8 nitrogen and oxygen atoms in total. The average Bonchev–Trinajstić information content (AvgIpc) is 3.51. The smallest absolute Gasteiger partial charge is 0.281 e. The number of hydrogen-bond donors (Lipinski definition) is 2. The fourth-order valence-electron chi connectivity index (χ4n) is 6.59. The monoisotopic (exact) mass is 537 g/mol. The van der Waals surface area contributed by atoms with Crippen molar-refractivity contribution < 1.29 is 13.2 Å². The van der Waals surface area contributed by atoms with Crippen molar-refractivity contribution in [3.8, 4) is 0 Å². The van der Waals surface area contributed by atoms with Crippen LogP contribution in [0.15, 0.2) is 35.4 Å². The van der Waals surface area contributed by atoms with Crippen LogP contribution in [0.4, 0.5) is 11.6 Å². The fraction of sp³-hybridized carbons (Fsp3) is 0.552. The zero-order chi connectivity index (χ0) is 27.6. The van der Waals surface area contributed by atoms with Gasteiger partial charge >= 0.3 is 0 Å². The second-order valence-corrected chi connectivity index (χ2v) is 14.6. The van der Waals surface area contributed by atoms with Gasteiger partial charge in [-0.05, 0) is 81.1 Å². The second-order valence-electron chi connectivity index (χ2n) is 13.0. The first-order chi connectivity index (χ1) is 17.7. The van der Waals surface area contributed by atoms with Crippen LogP contribution in [0, 0.1) is 17.8 Å². The quantitative estimate of drug-likeness (QED) is 0.556. The van der Waals surface area contributed by atoms with Gasteiger partial charge in [-0.15, -0.1) is 0 Å². The van der Waals surface area contributed by atoms with E-state index in [2.05, 4.69) is 62.2 Å². The van der Waals surface area contributed by atoms with Crippen LogP contribution in [0.3, 0.4) is 0 Å². The molecule has 0 aromatic carbocycles. The number of amides is 1. The lowest BCUT2D eigenvalue weighted by molar-refractivity contribution is 0.0981. The number of hydrogen-bond acceptors (Lipinski definition) is 7. The second kappa shape index (κ2) is 9.07. The van der Waals surface area contributed by atoms with Gasteiger partial charge in [-0.3, -0.25) is 4.79 Å². The first-order valence-electron chi connectivity index (χ1n) is 13.5. The van der Waals surface area contributed by atoms with Crippen LogP contribution in [-0.2, 0) is 15.4 Å². The van der Waals surface area contributed by atoms with Crippen molar-refractivity contribution in [2.75, 3.05) is 17.2 Å². The number of carbonyl (C=O) groups is 1. The van der Waals surface area contributed by atoms with Crippen LogP contribution in [0.5, 0.6) is 0 Å². The lowest BCUT2D eigenvalue weighted by Crippen LogP contribution is -2.41. The lowest BCUT2D eigenvalue weighted by Gasteiger charge is -2.36. The zero-order valence-corrected chi connectivity index (χ0v) is 24.0. The van der Waals surface area contributed by atoms with Crippen LogP contribution in [0.1, 0.15) is 88.8 Å². The number of nitrogens with two attached hydrogens (primary N) is 1. The van der Waals surface area contributed by atoms with Crippen molar-refractivity contribution in [3.05, 3.63) is 47.2 Å². The van der Waals surface area contributed by atoms with Gasteiger partial charge in [-0.25, -0.2) is 14.7 Å². The van der Waals surface area contributed by atoms with Crippen molar-refractivity contribution >= 4 is 33.1 Å². The van der Waals surface area contributed by atoms with Gasteiger partial charge in [0, 0.05) is 23.1 Å². The summed E-state index contributed by atoms with van der Waals surface area (Å²) in [6.07, 6.45) is 6.76. The molecule has 1 aliphatic heterocycles. The summed E-state index contributed by atoms with van der Waals surface area (Å²) in [4.78, 5) is 25.1. The molecule has 5 rings (SSSR count). The van der Waals surface area contributed by atoms with Gasteiger partial charge in [-0.1, -0.05) is 39.8 Å². The van der Waals surface area contributed by atoms with Gasteiger partial charge in [0.05, 0.1) is 11.3 Å². The number of aromatic nitrogens is 2. The maximum Gasteiger partial charge on any atom is 0.281 e. The van der Waals surface area contributed by atoms with Crippen LogP contribution < -0.4 is 15.4 Å². The van der Waals surface area contributed by atoms with Gasteiger partial charge in [0.1, 0.15) is 11.6 Å². The number of nitrogen functional groups attached to an aromatic ring is 1. The topological polar surface area (TPSA) is 118 Å². The Labute approximate surface area is 226 Å². The number of anilines is 2. The summed E-state index contributed by atoms with van der Waals surface area (Å²) >= 11 is 0. The predicted octanol–water partition coefficient (Wildman–Crippen LogP) is 4.91. The van der Waals surface area contributed by atoms with E-state index >= 15 is 0 Å². The Kier molecular flexibility index (Phi) is 6.36. The average molecular weight is 538 g/mol. The summed E-state index contributed by atoms with van der Waals surface area (Å²) < 4.78 is 28.6. The molecular weight excluding hydrogens is 498 g/mol. The standard InChI is InChI=1S/C29H39N5O3S/c1-17-15-29(5,6)34(16-17)26-22(27(35)33-38(36,37)24-9-7-8-23(30)31-24)14-21(25(32-26)28(2,3)4)20-13-18-10-11-19(20)12-18/h7-9,13-14,17-19H,10-12,15-16H2,1-6H3,(H2,30,31)(H,33,35)/t17-,18?,19?/m0/s1. The van der Waals surface area contributed by atoms with E-state index in [1.54, 1.807) is 0 Å². The molecule has 2 unspecified atom stereocenters. The number of pyridine rings is 2. The van der Waals surface area contributed by atoms with E-state index in [9.17, 15) is 13.2 Å². The first kappa shape index (κ1) is 26.7.